The average Bonchev–Trinajstić information content (AvgIpc) is 2.76. The van der Waals surface area contributed by atoms with E-state index in [0.29, 0.717) is 17.5 Å². The molecule has 3 heterocycles. The molecule has 0 unspecified atom stereocenters. The summed E-state index contributed by atoms with van der Waals surface area (Å²) in [6.45, 7) is 7.66. The van der Waals surface area contributed by atoms with Crippen LogP contribution in [0.4, 0.5) is 28.8 Å². The molecule has 1 aliphatic heterocycles. The number of nitrogens with zero attached hydrogens (tertiary/aromatic N) is 4. The van der Waals surface area contributed by atoms with E-state index in [9.17, 15) is 9.59 Å². The van der Waals surface area contributed by atoms with Gasteiger partial charge in [-0.2, -0.15) is 4.98 Å². The summed E-state index contributed by atoms with van der Waals surface area (Å²) in [7, 11) is 0. The van der Waals surface area contributed by atoms with Crippen molar-refractivity contribution < 1.29 is 0 Å². The van der Waals surface area contributed by atoms with Gasteiger partial charge in [-0.15, -0.1) is 0 Å². The van der Waals surface area contributed by atoms with Crippen molar-refractivity contribution >= 4 is 28.8 Å². The van der Waals surface area contributed by atoms with Crippen LogP contribution < -0.4 is 31.7 Å². The number of nitrogens with one attached hydrogen (secondary N) is 3. The Morgan fingerprint density at radius 1 is 0.968 bits per heavy atom. The molecule has 1 aliphatic rings. The van der Waals surface area contributed by atoms with E-state index >= 15 is 0 Å². The van der Waals surface area contributed by atoms with E-state index in [1.165, 1.54) is 5.69 Å². The molecule has 0 spiro atoms. The van der Waals surface area contributed by atoms with Gasteiger partial charge in [-0.1, -0.05) is 0 Å². The van der Waals surface area contributed by atoms with Gasteiger partial charge in [0.2, 0.25) is 5.95 Å². The first-order chi connectivity index (χ1) is 14.8. The molecule has 162 valence electrons. The Bertz CT molecular complexity index is 1110. The summed E-state index contributed by atoms with van der Waals surface area (Å²) in [4.78, 5) is 39.2. The molecule has 1 fully saturated rings. The number of anilines is 5. The van der Waals surface area contributed by atoms with Gasteiger partial charge in [-0.05, 0) is 51.8 Å². The number of rotatable bonds is 6. The molecule has 0 radical (unpaired) electrons. The van der Waals surface area contributed by atoms with Crippen molar-refractivity contribution in [2.75, 3.05) is 33.9 Å². The molecule has 3 aromatic rings. The Hall–Kier alpha value is -3.49. The van der Waals surface area contributed by atoms with Crippen LogP contribution in [-0.4, -0.2) is 39.6 Å². The maximum Gasteiger partial charge on any atom is 0.253 e. The fourth-order valence-electron chi connectivity index (χ4n) is 3.65. The van der Waals surface area contributed by atoms with Crippen LogP contribution in [0.3, 0.4) is 0 Å². The first kappa shape index (κ1) is 20.8. The van der Waals surface area contributed by atoms with Crippen molar-refractivity contribution in [2.45, 2.75) is 45.2 Å². The predicted molar refractivity (Wildman–Crippen MR) is 123 cm³/mol. The lowest BCUT2D eigenvalue weighted by Gasteiger charge is -2.33. The van der Waals surface area contributed by atoms with Crippen molar-refractivity contribution in [3.8, 4) is 0 Å². The van der Waals surface area contributed by atoms with E-state index in [4.69, 9.17) is 0 Å². The molecule has 2 aromatic heterocycles. The highest BCUT2D eigenvalue weighted by atomic mass is 16.2. The molecule has 0 saturated carbocycles. The third kappa shape index (κ3) is 4.82. The van der Waals surface area contributed by atoms with Crippen molar-refractivity contribution in [1.29, 1.82) is 0 Å². The van der Waals surface area contributed by atoms with Gasteiger partial charge >= 0.3 is 0 Å². The third-order valence-electron chi connectivity index (χ3n) is 5.18. The minimum atomic E-state index is -0.539. The second kappa shape index (κ2) is 8.33. The first-order valence-electron chi connectivity index (χ1n) is 10.4. The van der Waals surface area contributed by atoms with Crippen LogP contribution in [-0.2, 0) is 0 Å². The molecule has 31 heavy (non-hydrogen) atoms. The minimum absolute atomic E-state index is 0.246. The summed E-state index contributed by atoms with van der Waals surface area (Å²) < 4.78 is 0. The lowest BCUT2D eigenvalue weighted by Crippen LogP contribution is -2.41. The van der Waals surface area contributed by atoms with Gasteiger partial charge in [-0.25, -0.2) is 4.98 Å². The quantitative estimate of drug-likeness (QED) is 0.517. The summed E-state index contributed by atoms with van der Waals surface area (Å²) in [5.41, 5.74) is 0.351. The molecule has 0 aliphatic carbocycles. The summed E-state index contributed by atoms with van der Waals surface area (Å²) in [5, 5.41) is 9.45. The SMILES string of the molecule is CC(C)(C)Nc1c(Nc2ccnc(NC3CCN(c4ccncc4)CC3)n2)c(=O)c1=O. The van der Waals surface area contributed by atoms with Crippen LogP contribution in [0.5, 0.6) is 0 Å². The molecule has 0 atom stereocenters. The average molecular weight is 422 g/mol. The van der Waals surface area contributed by atoms with Gasteiger partial charge in [-0.3, -0.25) is 14.6 Å². The Morgan fingerprint density at radius 3 is 2.32 bits per heavy atom. The van der Waals surface area contributed by atoms with Gasteiger partial charge < -0.3 is 20.9 Å². The molecule has 0 amide bonds. The fraction of sp³-hybridized carbons (Fsp3) is 0.409. The van der Waals surface area contributed by atoms with E-state index in [2.05, 4.69) is 35.8 Å². The lowest BCUT2D eigenvalue weighted by atomic mass is 10.0. The zero-order valence-electron chi connectivity index (χ0n) is 18.0. The Kier molecular flexibility index (Phi) is 5.58. The van der Waals surface area contributed by atoms with E-state index in [-0.39, 0.29) is 17.3 Å². The largest absolute Gasteiger partial charge is 0.375 e. The van der Waals surface area contributed by atoms with Crippen molar-refractivity contribution in [1.82, 2.24) is 15.0 Å². The number of pyridine rings is 1. The van der Waals surface area contributed by atoms with Gasteiger partial charge in [0.05, 0.1) is 0 Å². The Labute approximate surface area is 180 Å². The summed E-state index contributed by atoms with van der Waals surface area (Å²) >= 11 is 0. The van der Waals surface area contributed by atoms with E-state index in [1.54, 1.807) is 12.3 Å². The molecular formula is C22H27N7O2. The number of aromatic nitrogens is 3. The van der Waals surface area contributed by atoms with E-state index in [0.717, 1.165) is 25.9 Å². The van der Waals surface area contributed by atoms with E-state index in [1.807, 2.05) is 45.3 Å². The molecular weight excluding hydrogens is 394 g/mol. The minimum Gasteiger partial charge on any atom is -0.375 e. The number of piperidine rings is 1. The Balaban J connectivity index is 1.38. The van der Waals surface area contributed by atoms with Crippen LogP contribution in [0.2, 0.25) is 0 Å². The molecule has 1 aromatic carbocycles. The van der Waals surface area contributed by atoms with Crippen LogP contribution in [0.25, 0.3) is 0 Å². The number of hydrogen-bond acceptors (Lipinski definition) is 9. The van der Waals surface area contributed by atoms with E-state index < -0.39 is 10.9 Å². The molecule has 9 nitrogen and oxygen atoms in total. The molecule has 1 saturated heterocycles. The highest BCUT2D eigenvalue weighted by Gasteiger charge is 2.25. The Morgan fingerprint density at radius 2 is 1.65 bits per heavy atom. The summed E-state index contributed by atoms with van der Waals surface area (Å²) in [6.07, 6.45) is 7.17. The fourth-order valence-corrected chi connectivity index (χ4v) is 3.65. The standard InChI is InChI=1S/C22H27N7O2/c1-22(2,3)28-18-17(19(30)20(18)31)26-16-6-11-24-21(27-16)25-14-7-12-29(13-8-14)15-4-9-23-10-5-15/h4-6,9-11,14,28H,7-8,12-13H2,1-3H3,(H2,24,25,26,27). The highest BCUT2D eigenvalue weighted by molar-refractivity contribution is 5.78. The van der Waals surface area contributed by atoms with Crippen molar-refractivity contribution in [3.05, 3.63) is 57.2 Å². The predicted octanol–water partition coefficient (Wildman–Crippen LogP) is 2.50. The topological polar surface area (TPSA) is 112 Å². The van der Waals surface area contributed by atoms with Crippen molar-refractivity contribution in [2.24, 2.45) is 0 Å². The molecule has 4 rings (SSSR count). The zero-order chi connectivity index (χ0) is 22.0. The zero-order valence-corrected chi connectivity index (χ0v) is 18.0. The van der Waals surface area contributed by atoms with Gasteiger partial charge in [0, 0.05) is 48.9 Å². The maximum absolute atomic E-state index is 12.0. The van der Waals surface area contributed by atoms with Gasteiger partial charge in [0.1, 0.15) is 17.2 Å². The smallest absolute Gasteiger partial charge is 0.253 e. The maximum atomic E-state index is 12.0. The van der Waals surface area contributed by atoms with Crippen LogP contribution in [0, 0.1) is 0 Å². The molecule has 3 N–H and O–H groups in total. The van der Waals surface area contributed by atoms with Gasteiger partial charge in [0.15, 0.2) is 0 Å². The lowest BCUT2D eigenvalue weighted by molar-refractivity contribution is 0.524. The molecule has 9 heteroatoms. The molecule has 0 bridgehead atoms. The highest BCUT2D eigenvalue weighted by Crippen LogP contribution is 2.24. The monoisotopic (exact) mass is 421 g/mol. The van der Waals surface area contributed by atoms with Gasteiger partial charge in [0.25, 0.3) is 10.9 Å². The van der Waals surface area contributed by atoms with Crippen LogP contribution in [0.15, 0.2) is 46.4 Å². The third-order valence-corrected chi connectivity index (χ3v) is 5.18. The second-order valence-electron chi connectivity index (χ2n) is 8.78. The van der Waals surface area contributed by atoms with Crippen molar-refractivity contribution in [3.63, 3.8) is 0 Å². The van der Waals surface area contributed by atoms with Crippen LogP contribution in [0.1, 0.15) is 33.6 Å². The normalized spacial score (nSPS) is 15.1. The second-order valence-corrected chi connectivity index (χ2v) is 8.78. The summed E-state index contributed by atoms with van der Waals surface area (Å²) in [5.74, 6) is 0.965. The first-order valence-corrected chi connectivity index (χ1v) is 10.4. The number of hydrogen-bond donors (Lipinski definition) is 3. The van der Waals surface area contributed by atoms with Crippen LogP contribution >= 0.6 is 0 Å². The summed E-state index contributed by atoms with van der Waals surface area (Å²) in [6, 6.07) is 5.98.